The number of carbonyl (C=O) groups excluding carboxylic acids is 7. The molecular weight excluding hydrogens is 877 g/mol. The maximum Gasteiger partial charge on any atom is 0.330 e. The van der Waals surface area contributed by atoms with Gasteiger partial charge < -0.3 is 37.9 Å². The van der Waals surface area contributed by atoms with Gasteiger partial charge in [-0.3, -0.25) is 24.0 Å². The van der Waals surface area contributed by atoms with E-state index in [9.17, 15) is 33.6 Å². The van der Waals surface area contributed by atoms with E-state index < -0.39 is 41.8 Å². The predicted octanol–water partition coefficient (Wildman–Crippen LogP) is 9.26. The molecule has 68 heavy (non-hydrogen) atoms. The van der Waals surface area contributed by atoms with Crippen molar-refractivity contribution in [3.63, 3.8) is 0 Å². The summed E-state index contributed by atoms with van der Waals surface area (Å²) < 4.78 is 44.2. The lowest BCUT2D eigenvalue weighted by molar-refractivity contribution is -0.155. The minimum absolute atomic E-state index is 0.0440. The van der Waals surface area contributed by atoms with Crippen molar-refractivity contribution in [2.24, 2.45) is 23.7 Å². The minimum atomic E-state index is -0.513. The molecule has 5 rings (SSSR count). The van der Waals surface area contributed by atoms with Crippen LogP contribution in [0.15, 0.2) is 91.8 Å². The van der Waals surface area contributed by atoms with Gasteiger partial charge in [-0.15, -0.1) is 0 Å². The molecule has 0 N–H and O–H groups in total. The molecule has 0 aromatic heterocycles. The van der Waals surface area contributed by atoms with Crippen LogP contribution in [0.5, 0.6) is 23.0 Å². The van der Waals surface area contributed by atoms with E-state index in [-0.39, 0.29) is 40.8 Å². The quantitative estimate of drug-likeness (QED) is 0.0205. The number of carbonyl (C=O) groups is 7. The predicted molar refractivity (Wildman–Crippen MR) is 248 cm³/mol. The van der Waals surface area contributed by atoms with Crippen molar-refractivity contribution in [1.82, 2.24) is 0 Å². The summed E-state index contributed by atoms with van der Waals surface area (Å²) in [6.45, 7) is 8.58. The number of aldehydes is 1. The first-order chi connectivity index (χ1) is 33.0. The maximum atomic E-state index is 13.2. The molecular formula is C53H64O15. The van der Waals surface area contributed by atoms with Gasteiger partial charge in [0, 0.05) is 18.6 Å². The number of unbranched alkanes of at least 4 members (excludes halogenated alkanes) is 6. The monoisotopic (exact) mass is 940 g/mol. The summed E-state index contributed by atoms with van der Waals surface area (Å²) in [5.74, 6) is -2.13. The zero-order valence-corrected chi connectivity index (χ0v) is 38.8. The van der Waals surface area contributed by atoms with E-state index in [0.29, 0.717) is 102 Å². The fourth-order valence-electron chi connectivity index (χ4n) is 8.08. The smallest absolute Gasteiger partial charge is 0.330 e. The highest BCUT2D eigenvalue weighted by atomic mass is 16.6. The molecule has 3 aliphatic carbocycles. The van der Waals surface area contributed by atoms with E-state index in [0.717, 1.165) is 69.3 Å². The third-order valence-corrected chi connectivity index (χ3v) is 12.1. The van der Waals surface area contributed by atoms with Crippen LogP contribution in [0.1, 0.15) is 120 Å². The standard InChI is InChI=1S/C53H64O15/c1-3-48(55)63-33-11-7-5-9-31-61-42-21-25-44(26-22-42)65-50(57)37-13-15-39(16-14-37)52(59)67-46-29-30-47(41(35-46)36-54)68-53(60)40-19-17-38(18-20-40)51(58)66-45-27-23-43(24-28-45)62-32-10-6-8-12-34-64-49(56)4-2/h3-4,21-25,27-30,35-40,44H,1-2,5-20,26,31-34H2. The van der Waals surface area contributed by atoms with Gasteiger partial charge in [0.1, 0.15) is 34.9 Å². The van der Waals surface area contributed by atoms with E-state index >= 15 is 0 Å². The molecule has 0 spiro atoms. The van der Waals surface area contributed by atoms with Crippen LogP contribution in [0.25, 0.3) is 0 Å². The number of benzene rings is 2. The minimum Gasteiger partial charge on any atom is -0.494 e. The van der Waals surface area contributed by atoms with Crippen LogP contribution in [-0.2, 0) is 47.7 Å². The largest absolute Gasteiger partial charge is 0.494 e. The number of ether oxygens (including phenoxy) is 8. The molecule has 1 unspecified atom stereocenters. The molecule has 2 saturated carbocycles. The first-order valence-electron chi connectivity index (χ1n) is 23.8. The topological polar surface area (TPSA) is 193 Å². The SMILES string of the molecule is C=CC(=O)OCCCCCCOC1=CCC(OC(=O)C2CCC(C(=O)Oc3ccc(OC(=O)C4CCC(C(=O)Oc5ccc(OCCCCCCOC(=O)C=C)cc5)CC4)c(C=O)c3)CC2)C=C1. The number of allylic oxidation sites excluding steroid dienone is 1. The van der Waals surface area contributed by atoms with Gasteiger partial charge in [-0.1, -0.05) is 13.2 Å². The van der Waals surface area contributed by atoms with Gasteiger partial charge in [0.2, 0.25) is 0 Å². The third kappa shape index (κ3) is 17.9. The van der Waals surface area contributed by atoms with Crippen molar-refractivity contribution in [1.29, 1.82) is 0 Å². The molecule has 0 aliphatic heterocycles. The Morgan fingerprint density at radius 2 is 0.985 bits per heavy atom. The van der Waals surface area contributed by atoms with E-state index in [1.165, 1.54) is 18.2 Å². The summed E-state index contributed by atoms with van der Waals surface area (Å²) >= 11 is 0. The van der Waals surface area contributed by atoms with Crippen molar-refractivity contribution < 1.29 is 71.5 Å². The molecule has 0 radical (unpaired) electrons. The third-order valence-electron chi connectivity index (χ3n) is 12.1. The van der Waals surface area contributed by atoms with Gasteiger partial charge in [-0.25, -0.2) is 9.59 Å². The summed E-state index contributed by atoms with van der Waals surface area (Å²) in [6, 6.07) is 11.1. The van der Waals surface area contributed by atoms with Crippen molar-refractivity contribution in [3.05, 3.63) is 97.3 Å². The van der Waals surface area contributed by atoms with Gasteiger partial charge in [-0.05, 0) is 163 Å². The molecule has 0 heterocycles. The molecule has 0 saturated heterocycles. The Balaban J connectivity index is 0.937. The molecule has 366 valence electrons. The first kappa shape index (κ1) is 52.5. The second-order valence-corrected chi connectivity index (χ2v) is 17.1. The Morgan fingerprint density at radius 3 is 1.49 bits per heavy atom. The van der Waals surface area contributed by atoms with Gasteiger partial charge in [-0.2, -0.15) is 0 Å². The average molecular weight is 941 g/mol. The van der Waals surface area contributed by atoms with Crippen LogP contribution in [0.3, 0.4) is 0 Å². The Morgan fingerprint density at radius 1 is 0.529 bits per heavy atom. The van der Waals surface area contributed by atoms with E-state index in [1.54, 1.807) is 24.3 Å². The molecule has 1 atom stereocenters. The number of hydrogen-bond acceptors (Lipinski definition) is 15. The van der Waals surface area contributed by atoms with Crippen LogP contribution in [-0.4, -0.2) is 74.6 Å². The molecule has 15 nitrogen and oxygen atoms in total. The fourth-order valence-corrected chi connectivity index (χ4v) is 8.08. The Kier molecular flexibility index (Phi) is 22.1. The lowest BCUT2D eigenvalue weighted by Crippen LogP contribution is -2.31. The number of hydrogen-bond donors (Lipinski definition) is 0. The maximum absolute atomic E-state index is 13.2. The molecule has 2 fully saturated rings. The van der Waals surface area contributed by atoms with E-state index in [2.05, 4.69) is 13.2 Å². The van der Waals surface area contributed by atoms with Gasteiger partial charge in [0.25, 0.3) is 0 Å². The number of rotatable bonds is 27. The van der Waals surface area contributed by atoms with Crippen molar-refractivity contribution in [3.8, 4) is 23.0 Å². The second-order valence-electron chi connectivity index (χ2n) is 17.1. The van der Waals surface area contributed by atoms with Crippen molar-refractivity contribution >= 4 is 42.1 Å². The van der Waals surface area contributed by atoms with Crippen molar-refractivity contribution in [2.45, 2.75) is 115 Å². The van der Waals surface area contributed by atoms with Crippen LogP contribution < -0.4 is 18.9 Å². The highest BCUT2D eigenvalue weighted by Gasteiger charge is 2.34. The Bertz CT molecular complexity index is 2090. The van der Waals surface area contributed by atoms with Gasteiger partial charge in [0.15, 0.2) is 6.29 Å². The van der Waals surface area contributed by atoms with Crippen LogP contribution in [0.2, 0.25) is 0 Å². The highest BCUT2D eigenvalue weighted by Crippen LogP contribution is 2.35. The van der Waals surface area contributed by atoms with Crippen LogP contribution in [0.4, 0.5) is 0 Å². The van der Waals surface area contributed by atoms with Gasteiger partial charge >= 0.3 is 35.8 Å². The molecule has 2 aromatic rings. The fraction of sp³-hybridized carbons (Fsp3) is 0.491. The molecule has 3 aliphatic rings. The highest BCUT2D eigenvalue weighted by molar-refractivity contribution is 5.85. The second kappa shape index (κ2) is 28.6. The molecule has 15 heteroatoms. The molecule has 2 aromatic carbocycles. The normalized spacial score (nSPS) is 19.8. The summed E-state index contributed by atoms with van der Waals surface area (Å²) in [6.07, 6.45) is 19.0. The van der Waals surface area contributed by atoms with E-state index in [1.807, 2.05) is 18.2 Å². The summed E-state index contributed by atoms with van der Waals surface area (Å²) in [7, 11) is 0. The van der Waals surface area contributed by atoms with Crippen LogP contribution >= 0.6 is 0 Å². The Labute approximate surface area is 398 Å². The van der Waals surface area contributed by atoms with Crippen molar-refractivity contribution in [2.75, 3.05) is 26.4 Å². The zero-order valence-electron chi connectivity index (χ0n) is 38.8. The molecule has 0 amide bonds. The zero-order chi connectivity index (χ0) is 48.5. The van der Waals surface area contributed by atoms with E-state index in [4.69, 9.17) is 37.9 Å². The lowest BCUT2D eigenvalue weighted by atomic mass is 9.82. The Hall–Kier alpha value is -6.51. The molecule has 0 bridgehead atoms. The lowest BCUT2D eigenvalue weighted by Gasteiger charge is -2.27. The average Bonchev–Trinajstić information content (AvgIpc) is 3.36. The van der Waals surface area contributed by atoms with Gasteiger partial charge in [0.05, 0.1) is 55.7 Å². The number of esters is 6. The first-order valence-corrected chi connectivity index (χ1v) is 23.8. The summed E-state index contributed by atoms with van der Waals surface area (Å²) in [5, 5.41) is 0. The summed E-state index contributed by atoms with van der Waals surface area (Å²) in [5.41, 5.74) is 0.0483. The van der Waals surface area contributed by atoms with Crippen LogP contribution in [0, 0.1) is 23.7 Å². The summed E-state index contributed by atoms with van der Waals surface area (Å²) in [4.78, 5) is 86.4.